The van der Waals surface area contributed by atoms with Crippen molar-refractivity contribution in [3.63, 3.8) is 0 Å². The SMILES string of the molecule is CC1=CC[C@@H]2C(C)=C[C@]3(C)[C@H](C(=O)C=CC3(C)C)[C@H]2C1=O. The van der Waals surface area contributed by atoms with E-state index in [2.05, 4.69) is 33.8 Å². The second kappa shape index (κ2) is 4.28. The van der Waals surface area contributed by atoms with Gasteiger partial charge in [0.2, 0.25) is 0 Å². The summed E-state index contributed by atoms with van der Waals surface area (Å²) in [6.45, 7) is 10.5. The van der Waals surface area contributed by atoms with Gasteiger partial charge in [0.05, 0.1) is 0 Å². The minimum Gasteiger partial charge on any atom is -0.294 e. The summed E-state index contributed by atoms with van der Waals surface area (Å²) in [5.74, 6) is 0.0996. The molecular formula is C19H24O2. The highest BCUT2D eigenvalue weighted by Gasteiger charge is 2.58. The molecule has 0 fully saturated rings. The number of allylic oxidation sites excluding steroid dienone is 6. The zero-order valence-electron chi connectivity index (χ0n) is 13.6. The molecule has 0 heterocycles. The molecule has 4 atom stereocenters. The predicted molar refractivity (Wildman–Crippen MR) is 83.6 cm³/mol. The Balaban J connectivity index is 2.22. The largest absolute Gasteiger partial charge is 0.294 e. The second-order valence-corrected chi connectivity index (χ2v) is 7.73. The lowest BCUT2D eigenvalue weighted by Gasteiger charge is -2.55. The predicted octanol–water partition coefficient (Wildman–Crippen LogP) is 3.89. The average molecular weight is 284 g/mol. The highest BCUT2D eigenvalue weighted by atomic mass is 16.1. The second-order valence-electron chi connectivity index (χ2n) is 7.73. The summed E-state index contributed by atoms with van der Waals surface area (Å²) in [6.07, 6.45) is 8.93. The van der Waals surface area contributed by atoms with Crippen LogP contribution < -0.4 is 0 Å². The van der Waals surface area contributed by atoms with E-state index >= 15 is 0 Å². The summed E-state index contributed by atoms with van der Waals surface area (Å²) in [4.78, 5) is 25.4. The minimum atomic E-state index is -0.280. The summed E-state index contributed by atoms with van der Waals surface area (Å²) in [6, 6.07) is 0. The topological polar surface area (TPSA) is 34.1 Å². The first-order chi connectivity index (χ1) is 9.69. The van der Waals surface area contributed by atoms with E-state index in [4.69, 9.17) is 0 Å². The Morgan fingerprint density at radius 1 is 1.14 bits per heavy atom. The van der Waals surface area contributed by atoms with E-state index in [1.165, 1.54) is 5.57 Å². The van der Waals surface area contributed by atoms with E-state index in [9.17, 15) is 9.59 Å². The van der Waals surface area contributed by atoms with Crippen LogP contribution in [0.1, 0.15) is 41.0 Å². The number of rotatable bonds is 0. The Kier molecular flexibility index (Phi) is 2.96. The van der Waals surface area contributed by atoms with Gasteiger partial charge in [-0.25, -0.2) is 0 Å². The maximum absolute atomic E-state index is 12.8. The molecule has 0 aromatic rings. The van der Waals surface area contributed by atoms with Crippen molar-refractivity contribution in [3.8, 4) is 0 Å². The number of fused-ring (bicyclic) bond motifs is 3. The molecule has 0 unspecified atom stereocenters. The Labute approximate surface area is 127 Å². The Morgan fingerprint density at radius 2 is 1.81 bits per heavy atom. The fourth-order valence-corrected chi connectivity index (χ4v) is 4.53. The molecule has 2 heteroatoms. The molecule has 0 N–H and O–H groups in total. The van der Waals surface area contributed by atoms with Gasteiger partial charge in [-0.2, -0.15) is 0 Å². The van der Waals surface area contributed by atoms with Crippen LogP contribution in [0, 0.1) is 28.6 Å². The van der Waals surface area contributed by atoms with Crippen LogP contribution >= 0.6 is 0 Å². The zero-order chi connectivity index (χ0) is 15.6. The van der Waals surface area contributed by atoms with E-state index in [-0.39, 0.29) is 40.2 Å². The van der Waals surface area contributed by atoms with E-state index in [1.54, 1.807) is 6.08 Å². The van der Waals surface area contributed by atoms with Crippen molar-refractivity contribution in [2.24, 2.45) is 28.6 Å². The van der Waals surface area contributed by atoms with Crippen LogP contribution in [0.4, 0.5) is 0 Å². The third-order valence-corrected chi connectivity index (χ3v) is 6.28. The van der Waals surface area contributed by atoms with Crippen LogP contribution in [-0.2, 0) is 9.59 Å². The van der Waals surface area contributed by atoms with Crippen LogP contribution in [0.2, 0.25) is 0 Å². The lowest BCUT2D eigenvalue weighted by Crippen LogP contribution is -2.55. The molecule has 0 aliphatic heterocycles. The van der Waals surface area contributed by atoms with Crippen molar-refractivity contribution in [3.05, 3.63) is 35.5 Å². The van der Waals surface area contributed by atoms with Gasteiger partial charge in [0.15, 0.2) is 11.6 Å². The molecule has 112 valence electrons. The molecule has 0 spiro atoms. The number of hydrogen-bond donors (Lipinski definition) is 0. The quantitative estimate of drug-likeness (QED) is 0.632. The van der Waals surface area contributed by atoms with E-state index in [0.29, 0.717) is 0 Å². The van der Waals surface area contributed by atoms with Crippen molar-refractivity contribution >= 4 is 11.6 Å². The molecule has 0 aromatic carbocycles. The van der Waals surface area contributed by atoms with Gasteiger partial charge in [-0.05, 0) is 43.3 Å². The first kappa shape index (κ1) is 14.5. The molecule has 0 radical (unpaired) electrons. The van der Waals surface area contributed by atoms with Gasteiger partial charge >= 0.3 is 0 Å². The van der Waals surface area contributed by atoms with E-state index < -0.39 is 0 Å². The Hall–Kier alpha value is -1.44. The third kappa shape index (κ3) is 1.77. The van der Waals surface area contributed by atoms with Gasteiger partial charge in [-0.15, -0.1) is 0 Å². The van der Waals surface area contributed by atoms with E-state index in [1.807, 2.05) is 19.1 Å². The zero-order valence-corrected chi connectivity index (χ0v) is 13.6. The van der Waals surface area contributed by atoms with Crippen molar-refractivity contribution in [1.29, 1.82) is 0 Å². The van der Waals surface area contributed by atoms with Crippen LogP contribution in [0.3, 0.4) is 0 Å². The van der Waals surface area contributed by atoms with Crippen LogP contribution in [0.15, 0.2) is 35.5 Å². The number of hydrogen-bond acceptors (Lipinski definition) is 2. The molecule has 0 bridgehead atoms. The van der Waals surface area contributed by atoms with Crippen molar-refractivity contribution in [2.75, 3.05) is 0 Å². The summed E-state index contributed by atoms with van der Waals surface area (Å²) >= 11 is 0. The highest BCUT2D eigenvalue weighted by molar-refractivity contribution is 6.04. The maximum Gasteiger partial charge on any atom is 0.162 e. The Bertz CT molecular complexity index is 617. The van der Waals surface area contributed by atoms with Crippen LogP contribution in [0.25, 0.3) is 0 Å². The summed E-state index contributed by atoms with van der Waals surface area (Å²) in [5.41, 5.74) is 1.70. The molecular weight excluding hydrogens is 260 g/mol. The number of ketones is 2. The minimum absolute atomic E-state index is 0.118. The summed E-state index contributed by atoms with van der Waals surface area (Å²) in [7, 11) is 0. The fraction of sp³-hybridized carbons (Fsp3) is 0.579. The lowest BCUT2D eigenvalue weighted by molar-refractivity contribution is -0.138. The van der Waals surface area contributed by atoms with Gasteiger partial charge in [-0.3, -0.25) is 9.59 Å². The van der Waals surface area contributed by atoms with Crippen molar-refractivity contribution < 1.29 is 9.59 Å². The molecule has 0 saturated carbocycles. The van der Waals surface area contributed by atoms with Gasteiger partial charge in [-0.1, -0.05) is 44.6 Å². The summed E-state index contributed by atoms with van der Waals surface area (Å²) in [5, 5.41) is 0. The third-order valence-electron chi connectivity index (χ3n) is 6.28. The number of carbonyl (C=O) groups excluding carboxylic acids is 2. The normalized spacial score (nSPS) is 41.1. The van der Waals surface area contributed by atoms with Gasteiger partial charge < -0.3 is 0 Å². The molecule has 0 saturated heterocycles. The standard InChI is InChI=1S/C19H24O2/c1-11-6-7-13-12(2)10-19(5)16(15(13)17(11)21)14(20)8-9-18(19,3)4/h6,8-10,13,15-16H,7H2,1-5H3/t13-,15+,16-,19-/m1/s1. The van der Waals surface area contributed by atoms with Crippen molar-refractivity contribution in [2.45, 2.75) is 41.0 Å². The average Bonchev–Trinajstić information content (AvgIpc) is 2.39. The number of carbonyl (C=O) groups is 2. The molecule has 0 aromatic heterocycles. The molecule has 3 aliphatic rings. The van der Waals surface area contributed by atoms with E-state index in [0.717, 1.165) is 12.0 Å². The van der Waals surface area contributed by atoms with Crippen LogP contribution in [-0.4, -0.2) is 11.6 Å². The number of Topliss-reactive ketones (excluding diaryl/α,β-unsaturated/α-hetero) is 1. The molecule has 3 rings (SSSR count). The molecule has 2 nitrogen and oxygen atoms in total. The molecule has 21 heavy (non-hydrogen) atoms. The molecule has 3 aliphatic carbocycles. The Morgan fingerprint density at radius 3 is 2.48 bits per heavy atom. The van der Waals surface area contributed by atoms with Gasteiger partial charge in [0.25, 0.3) is 0 Å². The first-order valence-corrected chi connectivity index (χ1v) is 7.82. The monoisotopic (exact) mass is 284 g/mol. The van der Waals surface area contributed by atoms with Gasteiger partial charge in [0, 0.05) is 17.3 Å². The smallest absolute Gasteiger partial charge is 0.162 e. The van der Waals surface area contributed by atoms with Crippen LogP contribution in [0.5, 0.6) is 0 Å². The first-order valence-electron chi connectivity index (χ1n) is 7.82. The van der Waals surface area contributed by atoms with Crippen molar-refractivity contribution in [1.82, 2.24) is 0 Å². The highest BCUT2D eigenvalue weighted by Crippen LogP contribution is 2.59. The molecule has 0 amide bonds. The lowest BCUT2D eigenvalue weighted by atomic mass is 9.47. The van der Waals surface area contributed by atoms with Gasteiger partial charge in [0.1, 0.15) is 0 Å². The fourth-order valence-electron chi connectivity index (χ4n) is 4.53. The summed E-state index contributed by atoms with van der Waals surface area (Å²) < 4.78 is 0. The maximum atomic E-state index is 12.8.